The van der Waals surface area contributed by atoms with Crippen LogP contribution in [-0.4, -0.2) is 36.1 Å². The maximum Gasteiger partial charge on any atom is 0.0110 e. The minimum absolute atomic E-state index is 0.615. The van der Waals surface area contributed by atoms with Crippen LogP contribution in [-0.2, 0) is 0 Å². The molecule has 0 amide bonds. The van der Waals surface area contributed by atoms with Crippen molar-refractivity contribution in [3.8, 4) is 0 Å². The summed E-state index contributed by atoms with van der Waals surface area (Å²) in [6.45, 7) is 14.1. The molecule has 0 aromatic carbocycles. The van der Waals surface area contributed by atoms with E-state index in [0.717, 1.165) is 12.0 Å². The van der Waals surface area contributed by atoms with E-state index in [1.54, 1.807) is 0 Å². The van der Waals surface area contributed by atoms with E-state index in [4.69, 9.17) is 0 Å². The molecule has 1 fully saturated rings. The molecule has 0 spiro atoms. The van der Waals surface area contributed by atoms with Gasteiger partial charge in [-0.3, -0.25) is 0 Å². The van der Waals surface area contributed by atoms with Gasteiger partial charge in [-0.25, -0.2) is 0 Å². The summed E-state index contributed by atoms with van der Waals surface area (Å²) in [5, 5.41) is 3.76. The summed E-state index contributed by atoms with van der Waals surface area (Å²) in [5.74, 6) is 0.826. The van der Waals surface area contributed by atoms with Crippen LogP contribution < -0.4 is 5.32 Å². The van der Waals surface area contributed by atoms with Crippen molar-refractivity contribution >= 4 is 0 Å². The molecule has 2 heteroatoms. The van der Waals surface area contributed by atoms with Crippen LogP contribution in [0, 0.1) is 5.92 Å². The second-order valence-corrected chi connectivity index (χ2v) is 5.83. The standard InChI is InChI=1S/C14H30N2/c1-6-13-10-16(12(4)5)9-7-8-14(13)15-11(2)3/h11-15H,6-10H2,1-5H3/t13-,14?/m0/s1. The summed E-state index contributed by atoms with van der Waals surface area (Å²) in [6.07, 6.45) is 3.99. The first-order valence-corrected chi connectivity index (χ1v) is 7.04. The normalized spacial score (nSPS) is 28.7. The van der Waals surface area contributed by atoms with Gasteiger partial charge in [-0.05, 0) is 39.2 Å². The number of nitrogens with zero attached hydrogens (tertiary/aromatic N) is 1. The summed E-state index contributed by atoms with van der Waals surface area (Å²) in [6, 6.07) is 2.05. The SMILES string of the molecule is CC[C@H]1CN(C(C)C)CCCC1NC(C)C. The van der Waals surface area contributed by atoms with Gasteiger partial charge in [-0.1, -0.05) is 27.2 Å². The second-order valence-electron chi connectivity index (χ2n) is 5.83. The lowest BCUT2D eigenvalue weighted by Gasteiger charge is -2.31. The summed E-state index contributed by atoms with van der Waals surface area (Å²) >= 11 is 0. The zero-order valence-electron chi connectivity index (χ0n) is 11.8. The molecule has 1 unspecified atom stereocenters. The molecule has 0 aromatic rings. The van der Waals surface area contributed by atoms with Gasteiger partial charge in [0.15, 0.2) is 0 Å². The third-order valence-electron chi connectivity index (χ3n) is 3.80. The van der Waals surface area contributed by atoms with Crippen LogP contribution in [0.1, 0.15) is 53.9 Å². The van der Waals surface area contributed by atoms with Gasteiger partial charge in [0.1, 0.15) is 0 Å². The van der Waals surface area contributed by atoms with Crippen LogP contribution in [0.25, 0.3) is 0 Å². The highest BCUT2D eigenvalue weighted by molar-refractivity contribution is 4.84. The Morgan fingerprint density at radius 2 is 1.94 bits per heavy atom. The minimum atomic E-state index is 0.615. The Balaban J connectivity index is 2.59. The molecule has 16 heavy (non-hydrogen) atoms. The molecule has 0 saturated carbocycles. The predicted molar refractivity (Wildman–Crippen MR) is 71.8 cm³/mol. The number of likely N-dealkylation sites (tertiary alicyclic amines) is 1. The summed E-state index contributed by atoms with van der Waals surface area (Å²) in [5.41, 5.74) is 0. The lowest BCUT2D eigenvalue weighted by Crippen LogP contribution is -2.43. The van der Waals surface area contributed by atoms with Crippen molar-refractivity contribution in [2.45, 2.75) is 72.0 Å². The van der Waals surface area contributed by atoms with Gasteiger partial charge in [0, 0.05) is 24.7 Å². The lowest BCUT2D eigenvalue weighted by atomic mass is 9.93. The first-order valence-electron chi connectivity index (χ1n) is 7.04. The predicted octanol–water partition coefficient (Wildman–Crippen LogP) is 2.88. The summed E-state index contributed by atoms with van der Waals surface area (Å²) < 4.78 is 0. The van der Waals surface area contributed by atoms with E-state index in [0.29, 0.717) is 12.1 Å². The largest absolute Gasteiger partial charge is 0.311 e. The first kappa shape index (κ1) is 14.0. The molecule has 0 aromatic heterocycles. The van der Waals surface area contributed by atoms with Crippen LogP contribution >= 0.6 is 0 Å². The molecule has 1 aliphatic rings. The molecular weight excluding hydrogens is 196 g/mol. The number of rotatable bonds is 4. The fraction of sp³-hybridized carbons (Fsp3) is 1.00. The zero-order chi connectivity index (χ0) is 12.1. The summed E-state index contributed by atoms with van der Waals surface area (Å²) in [4.78, 5) is 2.65. The highest BCUT2D eigenvalue weighted by atomic mass is 15.2. The molecule has 1 rings (SSSR count). The quantitative estimate of drug-likeness (QED) is 0.793. The molecule has 2 atom stereocenters. The van der Waals surface area contributed by atoms with E-state index in [1.165, 1.54) is 32.4 Å². The highest BCUT2D eigenvalue weighted by Gasteiger charge is 2.26. The second kappa shape index (κ2) is 6.61. The molecule has 96 valence electrons. The van der Waals surface area contributed by atoms with Crippen LogP contribution in [0.2, 0.25) is 0 Å². The average Bonchev–Trinajstić information content (AvgIpc) is 2.39. The zero-order valence-corrected chi connectivity index (χ0v) is 11.8. The monoisotopic (exact) mass is 226 g/mol. The van der Waals surface area contributed by atoms with Crippen molar-refractivity contribution in [2.75, 3.05) is 13.1 Å². The van der Waals surface area contributed by atoms with E-state index >= 15 is 0 Å². The fourth-order valence-electron chi connectivity index (χ4n) is 2.80. The van der Waals surface area contributed by atoms with Crippen molar-refractivity contribution in [1.29, 1.82) is 0 Å². The Bertz CT molecular complexity index is 189. The van der Waals surface area contributed by atoms with Crippen molar-refractivity contribution in [3.63, 3.8) is 0 Å². The van der Waals surface area contributed by atoms with Crippen molar-refractivity contribution in [1.82, 2.24) is 10.2 Å². The summed E-state index contributed by atoms with van der Waals surface area (Å²) in [7, 11) is 0. The molecule has 1 saturated heterocycles. The van der Waals surface area contributed by atoms with Crippen LogP contribution in [0.15, 0.2) is 0 Å². The molecule has 0 radical (unpaired) electrons. The van der Waals surface area contributed by atoms with Crippen molar-refractivity contribution in [3.05, 3.63) is 0 Å². The third kappa shape index (κ3) is 4.06. The first-order chi connectivity index (χ1) is 7.54. The van der Waals surface area contributed by atoms with Gasteiger partial charge in [0.05, 0.1) is 0 Å². The van der Waals surface area contributed by atoms with Gasteiger partial charge in [0.2, 0.25) is 0 Å². The van der Waals surface area contributed by atoms with Crippen LogP contribution in [0.4, 0.5) is 0 Å². The Morgan fingerprint density at radius 3 is 2.44 bits per heavy atom. The maximum atomic E-state index is 3.76. The fourth-order valence-corrected chi connectivity index (χ4v) is 2.80. The van der Waals surface area contributed by atoms with Gasteiger partial charge < -0.3 is 10.2 Å². The molecular formula is C14H30N2. The highest BCUT2D eigenvalue weighted by Crippen LogP contribution is 2.21. The minimum Gasteiger partial charge on any atom is -0.311 e. The maximum absolute atomic E-state index is 3.76. The molecule has 1 aliphatic heterocycles. The van der Waals surface area contributed by atoms with E-state index in [1.807, 2.05) is 0 Å². The Morgan fingerprint density at radius 1 is 1.25 bits per heavy atom. The van der Waals surface area contributed by atoms with Crippen LogP contribution in [0.5, 0.6) is 0 Å². The van der Waals surface area contributed by atoms with Crippen molar-refractivity contribution in [2.24, 2.45) is 5.92 Å². The van der Waals surface area contributed by atoms with Gasteiger partial charge in [-0.15, -0.1) is 0 Å². The molecule has 0 bridgehead atoms. The molecule has 1 N–H and O–H groups in total. The topological polar surface area (TPSA) is 15.3 Å². The Hall–Kier alpha value is -0.0800. The average molecular weight is 226 g/mol. The number of hydrogen-bond donors (Lipinski definition) is 1. The van der Waals surface area contributed by atoms with E-state index in [-0.39, 0.29) is 0 Å². The van der Waals surface area contributed by atoms with Gasteiger partial charge >= 0.3 is 0 Å². The Kier molecular flexibility index (Phi) is 5.77. The van der Waals surface area contributed by atoms with E-state index < -0.39 is 0 Å². The number of nitrogens with one attached hydrogen (secondary N) is 1. The van der Waals surface area contributed by atoms with Crippen LogP contribution in [0.3, 0.4) is 0 Å². The van der Waals surface area contributed by atoms with Gasteiger partial charge in [0.25, 0.3) is 0 Å². The molecule has 2 nitrogen and oxygen atoms in total. The van der Waals surface area contributed by atoms with E-state index in [2.05, 4.69) is 44.8 Å². The third-order valence-corrected chi connectivity index (χ3v) is 3.80. The smallest absolute Gasteiger partial charge is 0.0110 e. The van der Waals surface area contributed by atoms with Gasteiger partial charge in [-0.2, -0.15) is 0 Å². The number of hydrogen-bond acceptors (Lipinski definition) is 2. The molecule has 1 heterocycles. The van der Waals surface area contributed by atoms with E-state index in [9.17, 15) is 0 Å². The lowest BCUT2D eigenvalue weighted by molar-refractivity contribution is 0.187. The van der Waals surface area contributed by atoms with Crippen molar-refractivity contribution < 1.29 is 0 Å². The Labute approximate surface area is 102 Å². The molecule has 0 aliphatic carbocycles.